The highest BCUT2D eigenvalue weighted by atomic mass is 16.4. The number of carboxylic acids is 2. The van der Waals surface area contributed by atoms with E-state index in [4.69, 9.17) is 21.7 Å². The molecule has 0 spiro atoms. The van der Waals surface area contributed by atoms with Gasteiger partial charge in [-0.25, -0.2) is 4.79 Å². The summed E-state index contributed by atoms with van der Waals surface area (Å²) in [5.74, 6) is -5.90. The van der Waals surface area contributed by atoms with Crippen LogP contribution in [0.3, 0.4) is 0 Å². The number of hydrogen-bond donors (Lipinski definition) is 7. The molecule has 4 atom stereocenters. The van der Waals surface area contributed by atoms with Crippen molar-refractivity contribution in [2.45, 2.75) is 70.6 Å². The molecule has 0 aromatic rings. The summed E-state index contributed by atoms with van der Waals surface area (Å²) in [7, 11) is 0. The van der Waals surface area contributed by atoms with Crippen LogP contribution in [0.15, 0.2) is 0 Å². The number of carboxylic acid groups (broad SMARTS) is 2. The Morgan fingerprint density at radius 2 is 1.29 bits per heavy atom. The molecule has 176 valence electrons. The number of nitrogens with two attached hydrogens (primary N) is 2. The number of carbonyl (C=O) groups is 6. The van der Waals surface area contributed by atoms with Gasteiger partial charge in [-0.1, -0.05) is 13.8 Å². The van der Waals surface area contributed by atoms with E-state index in [2.05, 4.69) is 16.0 Å². The lowest BCUT2D eigenvalue weighted by molar-refractivity contribution is -0.142. The van der Waals surface area contributed by atoms with Gasteiger partial charge in [0.1, 0.15) is 18.1 Å². The monoisotopic (exact) mass is 445 g/mol. The zero-order valence-electron chi connectivity index (χ0n) is 17.7. The lowest BCUT2D eigenvalue weighted by Gasteiger charge is -2.24. The molecule has 13 heteroatoms. The minimum Gasteiger partial charge on any atom is -0.481 e. The Labute approximate surface area is 179 Å². The minimum atomic E-state index is -1.40. The molecule has 0 aromatic heterocycles. The van der Waals surface area contributed by atoms with Crippen LogP contribution < -0.4 is 27.4 Å². The van der Waals surface area contributed by atoms with Crippen LogP contribution in [0.2, 0.25) is 0 Å². The van der Waals surface area contributed by atoms with Crippen molar-refractivity contribution in [2.75, 3.05) is 0 Å². The minimum absolute atomic E-state index is 0.235. The van der Waals surface area contributed by atoms with Gasteiger partial charge in [-0.05, 0) is 25.7 Å². The maximum absolute atomic E-state index is 12.5. The standard InChI is InChI=1S/C18H31N5O8/c1-8(2)14(20)17(29)22-10(5-7-13(25)26)16(28)21-9(3)15(27)23-11(18(30)31)4-6-12(19)24/h8-11,14H,4-7,20H2,1-3H3,(H2,19,24)(H,21,28)(H,22,29)(H,23,27)(H,25,26)(H,30,31). The topological polar surface area (TPSA) is 231 Å². The van der Waals surface area contributed by atoms with Gasteiger partial charge in [0.2, 0.25) is 23.6 Å². The second-order valence-electron chi connectivity index (χ2n) is 7.40. The first-order chi connectivity index (χ1) is 14.3. The van der Waals surface area contributed by atoms with Crippen molar-refractivity contribution in [2.24, 2.45) is 17.4 Å². The van der Waals surface area contributed by atoms with Gasteiger partial charge in [-0.2, -0.15) is 0 Å². The van der Waals surface area contributed by atoms with E-state index in [1.165, 1.54) is 6.92 Å². The predicted octanol–water partition coefficient (Wildman–Crippen LogP) is -2.34. The summed E-state index contributed by atoms with van der Waals surface area (Å²) >= 11 is 0. The van der Waals surface area contributed by atoms with Gasteiger partial charge in [0.05, 0.1) is 6.04 Å². The van der Waals surface area contributed by atoms with E-state index in [1.54, 1.807) is 13.8 Å². The molecule has 31 heavy (non-hydrogen) atoms. The fourth-order valence-electron chi connectivity index (χ4n) is 2.33. The third-order valence-corrected chi connectivity index (χ3v) is 4.35. The first-order valence-electron chi connectivity index (χ1n) is 9.65. The molecule has 0 radical (unpaired) electrons. The van der Waals surface area contributed by atoms with Crippen molar-refractivity contribution in [3.8, 4) is 0 Å². The van der Waals surface area contributed by atoms with Crippen LogP contribution in [-0.4, -0.2) is 69.9 Å². The van der Waals surface area contributed by atoms with Crippen LogP contribution >= 0.6 is 0 Å². The molecule has 0 aliphatic heterocycles. The summed E-state index contributed by atoms with van der Waals surface area (Å²) in [5.41, 5.74) is 10.7. The summed E-state index contributed by atoms with van der Waals surface area (Å²) in [6.07, 6.45) is -1.18. The van der Waals surface area contributed by atoms with E-state index in [0.717, 1.165) is 0 Å². The van der Waals surface area contributed by atoms with Crippen molar-refractivity contribution in [1.29, 1.82) is 0 Å². The molecule has 9 N–H and O–H groups in total. The SMILES string of the molecule is CC(NC(=O)C(CCC(=O)O)NC(=O)C(N)C(C)C)C(=O)NC(CCC(N)=O)C(=O)O. The molecule has 0 aliphatic carbocycles. The van der Waals surface area contributed by atoms with Crippen LogP contribution in [0.5, 0.6) is 0 Å². The van der Waals surface area contributed by atoms with Gasteiger partial charge in [-0.15, -0.1) is 0 Å². The molecule has 0 fully saturated rings. The fourth-order valence-corrected chi connectivity index (χ4v) is 2.33. The molecule has 4 amide bonds. The van der Waals surface area contributed by atoms with Crippen molar-refractivity contribution < 1.29 is 39.0 Å². The molecule has 0 saturated heterocycles. The summed E-state index contributed by atoms with van der Waals surface area (Å²) in [4.78, 5) is 69.8. The lowest BCUT2D eigenvalue weighted by Crippen LogP contribution is -2.56. The molecular weight excluding hydrogens is 414 g/mol. The molecule has 0 aromatic carbocycles. The molecule has 0 aliphatic rings. The fraction of sp³-hybridized carbons (Fsp3) is 0.667. The van der Waals surface area contributed by atoms with E-state index in [9.17, 15) is 28.8 Å². The normalized spacial score (nSPS) is 14.6. The van der Waals surface area contributed by atoms with Crippen molar-refractivity contribution >= 4 is 35.6 Å². The van der Waals surface area contributed by atoms with Crippen LogP contribution in [0, 0.1) is 5.92 Å². The number of carbonyl (C=O) groups excluding carboxylic acids is 4. The van der Waals surface area contributed by atoms with Gasteiger partial charge >= 0.3 is 11.9 Å². The second-order valence-corrected chi connectivity index (χ2v) is 7.40. The van der Waals surface area contributed by atoms with Crippen LogP contribution in [0.4, 0.5) is 0 Å². The maximum atomic E-state index is 12.5. The Morgan fingerprint density at radius 1 is 0.774 bits per heavy atom. The number of amides is 4. The number of hydrogen-bond acceptors (Lipinski definition) is 7. The highest BCUT2D eigenvalue weighted by molar-refractivity contribution is 5.94. The highest BCUT2D eigenvalue weighted by Gasteiger charge is 2.29. The first kappa shape index (κ1) is 27.8. The van der Waals surface area contributed by atoms with Gasteiger partial charge in [0.15, 0.2) is 0 Å². The maximum Gasteiger partial charge on any atom is 0.326 e. The van der Waals surface area contributed by atoms with Crippen molar-refractivity contribution in [3.05, 3.63) is 0 Å². The van der Waals surface area contributed by atoms with E-state index in [1.807, 2.05) is 0 Å². The van der Waals surface area contributed by atoms with E-state index < -0.39 is 66.2 Å². The molecule has 0 bridgehead atoms. The number of nitrogens with one attached hydrogen (secondary N) is 3. The Kier molecular flexibility index (Phi) is 11.8. The summed E-state index contributed by atoms with van der Waals surface area (Å²) < 4.78 is 0. The third kappa shape index (κ3) is 10.9. The predicted molar refractivity (Wildman–Crippen MR) is 107 cm³/mol. The molecule has 0 saturated carbocycles. The second kappa shape index (κ2) is 13.2. The van der Waals surface area contributed by atoms with Crippen LogP contribution in [-0.2, 0) is 28.8 Å². The summed E-state index contributed by atoms with van der Waals surface area (Å²) in [6, 6.07) is -4.81. The molecule has 0 heterocycles. The Morgan fingerprint density at radius 3 is 1.74 bits per heavy atom. The van der Waals surface area contributed by atoms with E-state index in [-0.39, 0.29) is 25.2 Å². The van der Waals surface area contributed by atoms with Gasteiger partial charge < -0.3 is 37.6 Å². The average Bonchev–Trinajstić information content (AvgIpc) is 2.66. The van der Waals surface area contributed by atoms with E-state index in [0.29, 0.717) is 0 Å². The smallest absolute Gasteiger partial charge is 0.326 e. The number of rotatable bonds is 14. The van der Waals surface area contributed by atoms with Crippen molar-refractivity contribution in [1.82, 2.24) is 16.0 Å². The summed E-state index contributed by atoms with van der Waals surface area (Å²) in [6.45, 7) is 4.66. The number of aliphatic carboxylic acids is 2. The van der Waals surface area contributed by atoms with Gasteiger partial charge in [-0.3, -0.25) is 24.0 Å². The highest BCUT2D eigenvalue weighted by Crippen LogP contribution is 2.04. The quantitative estimate of drug-likeness (QED) is 0.151. The van der Waals surface area contributed by atoms with Gasteiger partial charge in [0, 0.05) is 12.8 Å². The average molecular weight is 445 g/mol. The molecular formula is C18H31N5O8. The molecule has 0 rings (SSSR count). The van der Waals surface area contributed by atoms with E-state index >= 15 is 0 Å². The zero-order valence-corrected chi connectivity index (χ0v) is 17.7. The molecule has 13 nitrogen and oxygen atoms in total. The Bertz CT molecular complexity index is 696. The zero-order chi connectivity index (χ0) is 24.3. The Hall–Kier alpha value is -3.22. The number of primary amides is 1. The van der Waals surface area contributed by atoms with Crippen molar-refractivity contribution in [3.63, 3.8) is 0 Å². The largest absolute Gasteiger partial charge is 0.481 e. The summed E-state index contributed by atoms with van der Waals surface area (Å²) in [5, 5.41) is 24.9. The van der Waals surface area contributed by atoms with Gasteiger partial charge in [0.25, 0.3) is 0 Å². The van der Waals surface area contributed by atoms with Crippen LogP contribution in [0.25, 0.3) is 0 Å². The Balaban J connectivity index is 5.12. The first-order valence-corrected chi connectivity index (χ1v) is 9.65. The molecule has 4 unspecified atom stereocenters. The third-order valence-electron chi connectivity index (χ3n) is 4.35. The van der Waals surface area contributed by atoms with Crippen LogP contribution in [0.1, 0.15) is 46.5 Å². The lowest BCUT2D eigenvalue weighted by atomic mass is 10.0.